The molecule has 2 N–H and O–H groups in total. The van der Waals surface area contributed by atoms with E-state index in [0.29, 0.717) is 6.61 Å². The van der Waals surface area contributed by atoms with Gasteiger partial charge in [0, 0.05) is 13.2 Å². The molecule has 2 aromatic carbocycles. The van der Waals surface area contributed by atoms with E-state index in [1.165, 1.54) is 11.1 Å². The van der Waals surface area contributed by atoms with E-state index in [0.717, 1.165) is 36.6 Å². The van der Waals surface area contributed by atoms with E-state index in [1.807, 2.05) is 30.3 Å². The number of aliphatic hydroxyl groups is 1. The number of aliphatic hydroxyl groups excluding tert-OH is 1. The minimum absolute atomic E-state index is 0.210. The number of aryl methyl sites for hydroxylation is 1. The molecule has 0 aliphatic carbocycles. The number of nitrogens with one attached hydrogen (secondary N) is 1. The Morgan fingerprint density at radius 1 is 1.09 bits per heavy atom. The molecule has 0 aromatic heterocycles. The van der Waals surface area contributed by atoms with Gasteiger partial charge in [-0.1, -0.05) is 30.3 Å². The summed E-state index contributed by atoms with van der Waals surface area (Å²) in [6, 6.07) is 14.2. The van der Waals surface area contributed by atoms with Gasteiger partial charge >= 0.3 is 0 Å². The summed E-state index contributed by atoms with van der Waals surface area (Å²) >= 11 is 0. The van der Waals surface area contributed by atoms with Crippen LogP contribution in [0.1, 0.15) is 23.1 Å². The third-order valence-corrected chi connectivity index (χ3v) is 3.71. The predicted octanol–water partition coefficient (Wildman–Crippen LogP) is 3.05. The van der Waals surface area contributed by atoms with E-state index in [4.69, 9.17) is 14.6 Å². The summed E-state index contributed by atoms with van der Waals surface area (Å²) in [5, 5.41) is 12.1. The van der Waals surface area contributed by atoms with Crippen molar-refractivity contribution in [3.63, 3.8) is 0 Å². The molecule has 0 saturated heterocycles. The van der Waals surface area contributed by atoms with Gasteiger partial charge in [-0.25, -0.2) is 0 Å². The average Bonchev–Trinajstić information content (AvgIpc) is 2.58. The van der Waals surface area contributed by atoms with Crippen molar-refractivity contribution in [3.8, 4) is 11.5 Å². The number of hydrogen-bond acceptors (Lipinski definition) is 4. The molecule has 0 amide bonds. The average molecular weight is 315 g/mol. The second-order valence-electron chi connectivity index (χ2n) is 5.45. The lowest BCUT2D eigenvalue weighted by Gasteiger charge is -2.13. The molecule has 0 atom stereocenters. The van der Waals surface area contributed by atoms with Gasteiger partial charge in [-0.05, 0) is 48.7 Å². The van der Waals surface area contributed by atoms with Crippen molar-refractivity contribution < 1.29 is 14.6 Å². The van der Waals surface area contributed by atoms with Crippen molar-refractivity contribution in [2.45, 2.75) is 26.5 Å². The number of methoxy groups -OCH3 is 1. The van der Waals surface area contributed by atoms with Crippen LogP contribution in [-0.2, 0) is 13.2 Å². The van der Waals surface area contributed by atoms with Crippen LogP contribution >= 0.6 is 0 Å². The summed E-state index contributed by atoms with van der Waals surface area (Å²) < 4.78 is 11.4. The molecule has 4 heteroatoms. The highest BCUT2D eigenvalue weighted by molar-refractivity contribution is 5.43. The molecule has 0 saturated carbocycles. The van der Waals surface area contributed by atoms with E-state index >= 15 is 0 Å². The molecular formula is C19H25NO3. The number of ether oxygens (including phenoxy) is 2. The molecule has 0 aliphatic rings. The zero-order chi connectivity index (χ0) is 16.5. The van der Waals surface area contributed by atoms with Crippen molar-refractivity contribution in [3.05, 3.63) is 59.2 Å². The van der Waals surface area contributed by atoms with Crippen LogP contribution in [0.5, 0.6) is 11.5 Å². The predicted molar refractivity (Wildman–Crippen MR) is 91.9 cm³/mol. The van der Waals surface area contributed by atoms with Crippen molar-refractivity contribution in [1.29, 1.82) is 0 Å². The maximum atomic E-state index is 8.78. The molecule has 0 heterocycles. The maximum absolute atomic E-state index is 8.78. The van der Waals surface area contributed by atoms with Crippen molar-refractivity contribution >= 4 is 0 Å². The Morgan fingerprint density at radius 2 is 1.91 bits per heavy atom. The first kappa shape index (κ1) is 17.3. The van der Waals surface area contributed by atoms with Crippen molar-refractivity contribution in [2.75, 3.05) is 20.3 Å². The third-order valence-electron chi connectivity index (χ3n) is 3.71. The molecule has 2 rings (SSSR count). The van der Waals surface area contributed by atoms with Crippen LogP contribution in [0.15, 0.2) is 42.5 Å². The summed E-state index contributed by atoms with van der Waals surface area (Å²) in [7, 11) is 1.65. The molecule has 0 radical (unpaired) electrons. The van der Waals surface area contributed by atoms with Crippen LogP contribution in [0.2, 0.25) is 0 Å². The molecule has 23 heavy (non-hydrogen) atoms. The molecule has 0 spiro atoms. The molecule has 124 valence electrons. The Hall–Kier alpha value is -2.04. The fourth-order valence-corrected chi connectivity index (χ4v) is 2.31. The van der Waals surface area contributed by atoms with Gasteiger partial charge in [0.05, 0.1) is 7.11 Å². The Balaban J connectivity index is 1.97. The minimum atomic E-state index is 0.210. The van der Waals surface area contributed by atoms with Crippen LogP contribution in [0, 0.1) is 6.92 Å². The molecule has 0 bridgehead atoms. The molecule has 0 fully saturated rings. The van der Waals surface area contributed by atoms with Crippen molar-refractivity contribution in [2.24, 2.45) is 0 Å². The minimum Gasteiger partial charge on any atom is -0.493 e. The quantitative estimate of drug-likeness (QED) is 0.698. The molecule has 0 unspecified atom stereocenters. The zero-order valence-electron chi connectivity index (χ0n) is 13.8. The van der Waals surface area contributed by atoms with Gasteiger partial charge in [0.15, 0.2) is 11.5 Å². The monoisotopic (exact) mass is 315 g/mol. The Bertz CT molecular complexity index is 613. The summed E-state index contributed by atoms with van der Waals surface area (Å²) in [4.78, 5) is 0. The first-order chi connectivity index (χ1) is 11.2. The molecule has 0 aliphatic heterocycles. The lowest BCUT2D eigenvalue weighted by atomic mass is 10.1. The highest BCUT2D eigenvalue weighted by Crippen LogP contribution is 2.29. The van der Waals surface area contributed by atoms with E-state index in [9.17, 15) is 0 Å². The maximum Gasteiger partial charge on any atom is 0.161 e. The Kier molecular flexibility index (Phi) is 6.91. The van der Waals surface area contributed by atoms with Gasteiger partial charge in [0.25, 0.3) is 0 Å². The van der Waals surface area contributed by atoms with Crippen LogP contribution in [0.25, 0.3) is 0 Å². The second kappa shape index (κ2) is 9.18. The first-order valence-electron chi connectivity index (χ1n) is 7.90. The smallest absolute Gasteiger partial charge is 0.161 e. The topological polar surface area (TPSA) is 50.7 Å². The van der Waals surface area contributed by atoms with E-state index in [-0.39, 0.29) is 6.61 Å². The SMILES string of the molecule is COc1cc(CNCCCO)ccc1OCc1ccccc1C. The largest absolute Gasteiger partial charge is 0.493 e. The zero-order valence-corrected chi connectivity index (χ0v) is 13.8. The van der Waals surface area contributed by atoms with E-state index in [2.05, 4.69) is 24.4 Å². The van der Waals surface area contributed by atoms with Gasteiger partial charge < -0.3 is 19.9 Å². The number of hydrogen-bond donors (Lipinski definition) is 2. The van der Waals surface area contributed by atoms with Gasteiger partial charge in [0.1, 0.15) is 6.61 Å². The summed E-state index contributed by atoms with van der Waals surface area (Å²) in [5.74, 6) is 1.48. The van der Waals surface area contributed by atoms with Crippen molar-refractivity contribution in [1.82, 2.24) is 5.32 Å². The van der Waals surface area contributed by atoms with Gasteiger partial charge in [-0.2, -0.15) is 0 Å². The highest BCUT2D eigenvalue weighted by Gasteiger charge is 2.07. The molecule has 4 nitrogen and oxygen atoms in total. The van der Waals surface area contributed by atoms with Crippen LogP contribution in [-0.4, -0.2) is 25.4 Å². The Labute approximate surface area is 138 Å². The number of rotatable bonds is 9. The Morgan fingerprint density at radius 3 is 2.65 bits per heavy atom. The summed E-state index contributed by atoms with van der Waals surface area (Å²) in [5.41, 5.74) is 3.52. The fourth-order valence-electron chi connectivity index (χ4n) is 2.31. The van der Waals surface area contributed by atoms with Crippen LogP contribution in [0.3, 0.4) is 0 Å². The standard InChI is InChI=1S/C19H25NO3/c1-15-6-3-4-7-17(15)14-23-18-9-8-16(12-19(18)22-2)13-20-10-5-11-21/h3-4,6-9,12,20-21H,5,10-11,13-14H2,1-2H3. The van der Waals surface area contributed by atoms with Gasteiger partial charge in [-0.15, -0.1) is 0 Å². The summed E-state index contributed by atoms with van der Waals surface area (Å²) in [6.45, 7) is 4.36. The van der Waals surface area contributed by atoms with Gasteiger partial charge in [0.2, 0.25) is 0 Å². The molecule has 2 aromatic rings. The lowest BCUT2D eigenvalue weighted by Crippen LogP contribution is -2.15. The first-order valence-corrected chi connectivity index (χ1v) is 7.90. The van der Waals surface area contributed by atoms with E-state index < -0.39 is 0 Å². The summed E-state index contributed by atoms with van der Waals surface area (Å²) in [6.07, 6.45) is 0.759. The third kappa shape index (κ3) is 5.27. The fraction of sp³-hybridized carbons (Fsp3) is 0.368. The lowest BCUT2D eigenvalue weighted by molar-refractivity contribution is 0.283. The number of benzene rings is 2. The second-order valence-corrected chi connectivity index (χ2v) is 5.45. The molecular weight excluding hydrogens is 290 g/mol. The highest BCUT2D eigenvalue weighted by atomic mass is 16.5. The van der Waals surface area contributed by atoms with Crippen LogP contribution < -0.4 is 14.8 Å². The van der Waals surface area contributed by atoms with Gasteiger partial charge in [-0.3, -0.25) is 0 Å². The van der Waals surface area contributed by atoms with E-state index in [1.54, 1.807) is 7.11 Å². The van der Waals surface area contributed by atoms with Crippen LogP contribution in [0.4, 0.5) is 0 Å². The normalized spacial score (nSPS) is 10.6.